The molecule has 4 heterocycles. The molecule has 1 saturated carbocycles. The maximum absolute atomic E-state index is 13.1. The fourth-order valence-electron chi connectivity index (χ4n) is 4.61. The van der Waals surface area contributed by atoms with E-state index in [9.17, 15) is 19.5 Å². The van der Waals surface area contributed by atoms with Crippen molar-refractivity contribution in [1.82, 2.24) is 24.4 Å². The number of hydrogen-bond donors (Lipinski definition) is 2. The SMILES string of the molecule is CC(C)Cn1c(O)c(C(=O)NC2CC2)c(=O)n2ncc(/C=C/C(=O)N3CC4CCC(C3)O4)c12. The molecule has 2 aromatic rings. The zero-order valence-corrected chi connectivity index (χ0v) is 18.9. The van der Waals surface area contributed by atoms with Crippen LogP contribution in [0.5, 0.6) is 5.88 Å². The number of ether oxygens (including phenoxy) is 1. The largest absolute Gasteiger partial charge is 0.494 e. The molecule has 2 saturated heterocycles. The molecule has 2 unspecified atom stereocenters. The van der Waals surface area contributed by atoms with Crippen LogP contribution >= 0.6 is 0 Å². The van der Waals surface area contributed by atoms with Gasteiger partial charge in [0.15, 0.2) is 5.56 Å². The molecule has 5 rings (SSSR count). The number of morpholine rings is 1. The number of fused-ring (bicyclic) bond motifs is 3. The Labute approximate surface area is 190 Å². The first-order valence-corrected chi connectivity index (χ1v) is 11.6. The molecule has 10 heteroatoms. The van der Waals surface area contributed by atoms with E-state index in [0.717, 1.165) is 30.2 Å². The molecule has 3 aliphatic rings. The van der Waals surface area contributed by atoms with Crippen LogP contribution in [0.3, 0.4) is 0 Å². The Bertz CT molecular complexity index is 1180. The van der Waals surface area contributed by atoms with E-state index in [2.05, 4.69) is 10.4 Å². The fraction of sp³-hybridized carbons (Fsp3) is 0.565. The summed E-state index contributed by atoms with van der Waals surface area (Å²) in [5.41, 5.74) is -0.132. The number of nitrogens with one attached hydrogen (secondary N) is 1. The predicted octanol–water partition coefficient (Wildman–Crippen LogP) is 1.15. The summed E-state index contributed by atoms with van der Waals surface area (Å²) in [6.45, 7) is 5.46. The topological polar surface area (TPSA) is 118 Å². The zero-order chi connectivity index (χ0) is 23.3. The molecular weight excluding hydrogens is 426 g/mol. The van der Waals surface area contributed by atoms with Crippen LogP contribution in [0.1, 0.15) is 55.5 Å². The predicted molar refractivity (Wildman–Crippen MR) is 120 cm³/mol. The molecule has 1 aliphatic carbocycles. The van der Waals surface area contributed by atoms with Crippen molar-refractivity contribution < 1.29 is 19.4 Å². The van der Waals surface area contributed by atoms with Crippen molar-refractivity contribution in [1.29, 1.82) is 0 Å². The third-order valence-corrected chi connectivity index (χ3v) is 6.36. The first kappa shape index (κ1) is 21.7. The lowest BCUT2D eigenvalue weighted by Crippen LogP contribution is -2.45. The second-order valence-electron chi connectivity index (χ2n) is 9.63. The Kier molecular flexibility index (Phi) is 5.48. The number of rotatable bonds is 6. The number of likely N-dealkylation sites (tertiary alicyclic amines) is 1. The molecule has 2 aromatic heterocycles. The van der Waals surface area contributed by atoms with Gasteiger partial charge in [0, 0.05) is 37.3 Å². The summed E-state index contributed by atoms with van der Waals surface area (Å²) in [4.78, 5) is 40.3. The second kappa shape index (κ2) is 8.33. The van der Waals surface area contributed by atoms with Crippen molar-refractivity contribution in [2.75, 3.05) is 13.1 Å². The average molecular weight is 456 g/mol. The third-order valence-electron chi connectivity index (χ3n) is 6.36. The van der Waals surface area contributed by atoms with E-state index in [1.165, 1.54) is 16.8 Å². The van der Waals surface area contributed by atoms with Gasteiger partial charge in [-0.3, -0.25) is 19.0 Å². The van der Waals surface area contributed by atoms with Gasteiger partial charge in [0.05, 0.1) is 18.4 Å². The Hall–Kier alpha value is -3.14. The molecule has 176 valence electrons. The number of carbonyl (C=O) groups is 2. The van der Waals surface area contributed by atoms with E-state index >= 15 is 0 Å². The highest BCUT2D eigenvalue weighted by atomic mass is 16.5. The molecule has 0 radical (unpaired) electrons. The van der Waals surface area contributed by atoms with E-state index in [4.69, 9.17) is 4.74 Å². The third kappa shape index (κ3) is 4.15. The van der Waals surface area contributed by atoms with Gasteiger partial charge >= 0.3 is 0 Å². The van der Waals surface area contributed by atoms with Crippen LogP contribution in [0.2, 0.25) is 0 Å². The highest BCUT2D eigenvalue weighted by Crippen LogP contribution is 2.27. The molecule has 0 spiro atoms. The van der Waals surface area contributed by atoms with Crippen molar-refractivity contribution in [2.24, 2.45) is 5.92 Å². The van der Waals surface area contributed by atoms with E-state index in [1.807, 2.05) is 13.8 Å². The highest BCUT2D eigenvalue weighted by Gasteiger charge is 2.35. The van der Waals surface area contributed by atoms with Crippen LogP contribution < -0.4 is 10.9 Å². The van der Waals surface area contributed by atoms with Crippen LogP contribution in [-0.2, 0) is 16.1 Å². The summed E-state index contributed by atoms with van der Waals surface area (Å²) < 4.78 is 8.45. The summed E-state index contributed by atoms with van der Waals surface area (Å²) in [5.74, 6) is -0.981. The summed E-state index contributed by atoms with van der Waals surface area (Å²) >= 11 is 0. The molecule has 2 N–H and O–H groups in total. The van der Waals surface area contributed by atoms with Crippen LogP contribution in [-0.4, -0.2) is 67.3 Å². The van der Waals surface area contributed by atoms with Crippen LogP contribution in [0.25, 0.3) is 11.7 Å². The summed E-state index contributed by atoms with van der Waals surface area (Å²) in [6.07, 6.45) is 8.45. The standard InChI is InChI=1S/C23H29N5O5/c1-13(2)10-27-21-14(3-8-18(29)26-11-16-6-7-17(12-26)33-16)9-24-28(21)23(32)19(22(27)31)20(30)25-15-4-5-15/h3,8-9,13,15-17,31H,4-7,10-12H2,1-2H3,(H,25,30)/b8-3+. The Balaban J connectivity index is 1.50. The molecule has 2 aliphatic heterocycles. The van der Waals surface area contributed by atoms with Gasteiger partial charge in [0.2, 0.25) is 11.8 Å². The van der Waals surface area contributed by atoms with Crippen molar-refractivity contribution in [3.8, 4) is 5.88 Å². The summed E-state index contributed by atoms with van der Waals surface area (Å²) in [6, 6.07) is 0.0445. The number of aromatic nitrogens is 3. The molecule has 2 atom stereocenters. The zero-order valence-electron chi connectivity index (χ0n) is 18.9. The Morgan fingerprint density at radius 2 is 1.94 bits per heavy atom. The average Bonchev–Trinajstić information content (AvgIpc) is 3.37. The van der Waals surface area contributed by atoms with Gasteiger partial charge in [-0.25, -0.2) is 0 Å². The number of carbonyl (C=O) groups excluding carboxylic acids is 2. The van der Waals surface area contributed by atoms with Gasteiger partial charge in [-0.15, -0.1) is 0 Å². The maximum atomic E-state index is 13.1. The van der Waals surface area contributed by atoms with Gasteiger partial charge in [0.1, 0.15) is 5.65 Å². The summed E-state index contributed by atoms with van der Waals surface area (Å²) in [5, 5.41) is 17.9. The highest BCUT2D eigenvalue weighted by molar-refractivity contribution is 5.97. The number of hydrogen-bond acceptors (Lipinski definition) is 6. The number of aromatic hydroxyl groups is 1. The van der Waals surface area contributed by atoms with E-state index in [-0.39, 0.29) is 41.5 Å². The lowest BCUT2D eigenvalue weighted by molar-refractivity contribution is -0.134. The van der Waals surface area contributed by atoms with Gasteiger partial charge in [0.25, 0.3) is 11.5 Å². The van der Waals surface area contributed by atoms with Gasteiger partial charge in [-0.05, 0) is 37.7 Å². The quantitative estimate of drug-likeness (QED) is 0.631. The van der Waals surface area contributed by atoms with Gasteiger partial charge in [-0.1, -0.05) is 13.8 Å². The summed E-state index contributed by atoms with van der Waals surface area (Å²) in [7, 11) is 0. The second-order valence-corrected chi connectivity index (χ2v) is 9.63. The minimum Gasteiger partial charge on any atom is -0.494 e. The fourth-order valence-corrected chi connectivity index (χ4v) is 4.61. The minimum absolute atomic E-state index is 0.0445. The molecule has 3 fully saturated rings. The van der Waals surface area contributed by atoms with Crippen molar-refractivity contribution in [3.63, 3.8) is 0 Å². The number of amides is 2. The maximum Gasteiger partial charge on any atom is 0.291 e. The van der Waals surface area contributed by atoms with E-state index in [0.29, 0.717) is 30.8 Å². The van der Waals surface area contributed by atoms with Crippen molar-refractivity contribution in [3.05, 3.63) is 33.8 Å². The molecule has 0 aromatic carbocycles. The lowest BCUT2D eigenvalue weighted by atomic mass is 10.2. The molecule has 2 amide bonds. The van der Waals surface area contributed by atoms with Gasteiger partial charge in [-0.2, -0.15) is 9.61 Å². The van der Waals surface area contributed by atoms with Gasteiger partial charge < -0.3 is 20.1 Å². The normalized spacial score (nSPS) is 22.6. The minimum atomic E-state index is -0.684. The number of nitrogens with zero attached hydrogens (tertiary/aromatic N) is 4. The van der Waals surface area contributed by atoms with Crippen LogP contribution in [0.4, 0.5) is 0 Å². The van der Waals surface area contributed by atoms with Crippen molar-refractivity contribution in [2.45, 2.75) is 64.3 Å². The Morgan fingerprint density at radius 1 is 1.24 bits per heavy atom. The first-order chi connectivity index (χ1) is 15.8. The van der Waals surface area contributed by atoms with Crippen LogP contribution in [0, 0.1) is 5.92 Å². The van der Waals surface area contributed by atoms with Crippen LogP contribution in [0.15, 0.2) is 17.1 Å². The Morgan fingerprint density at radius 3 is 2.58 bits per heavy atom. The lowest BCUT2D eigenvalue weighted by Gasteiger charge is -2.31. The van der Waals surface area contributed by atoms with E-state index in [1.54, 1.807) is 11.0 Å². The molecular formula is C23H29N5O5. The monoisotopic (exact) mass is 455 g/mol. The molecule has 33 heavy (non-hydrogen) atoms. The smallest absolute Gasteiger partial charge is 0.291 e. The van der Waals surface area contributed by atoms with E-state index < -0.39 is 11.5 Å². The van der Waals surface area contributed by atoms with Crippen molar-refractivity contribution >= 4 is 23.5 Å². The molecule has 2 bridgehead atoms. The first-order valence-electron chi connectivity index (χ1n) is 11.6. The molecule has 10 nitrogen and oxygen atoms in total.